The van der Waals surface area contributed by atoms with Crippen LogP contribution < -0.4 is 5.73 Å². The maximum Gasteiger partial charge on any atom is 0.266 e. The van der Waals surface area contributed by atoms with Crippen LogP contribution in [0, 0.1) is 11.8 Å². The summed E-state index contributed by atoms with van der Waals surface area (Å²) in [4.78, 5) is 15.2. The van der Waals surface area contributed by atoms with E-state index in [4.69, 9.17) is 17.3 Å². The van der Waals surface area contributed by atoms with Gasteiger partial charge in [-0.25, -0.2) is 0 Å². The molecule has 2 N–H and O–H groups in total. The lowest BCUT2D eigenvalue weighted by molar-refractivity contribution is 0.0791. The molecule has 1 amide bonds. The summed E-state index contributed by atoms with van der Waals surface area (Å²) in [5, 5.41) is 1.52. The number of fused-ring (bicyclic) bond motifs is 1. The molecule has 2 atom stereocenters. The Morgan fingerprint density at radius 2 is 2.00 bits per heavy atom. The molecule has 0 bridgehead atoms. The van der Waals surface area contributed by atoms with Crippen molar-refractivity contribution < 1.29 is 4.79 Å². The van der Waals surface area contributed by atoms with Crippen molar-refractivity contribution in [3.63, 3.8) is 0 Å². The zero-order chi connectivity index (χ0) is 14.4. The van der Waals surface area contributed by atoms with E-state index in [2.05, 4.69) is 13.8 Å². The topological polar surface area (TPSA) is 46.3 Å². The molecule has 3 nitrogen and oxygen atoms in total. The number of rotatable bonds is 1. The van der Waals surface area contributed by atoms with Crippen LogP contribution in [0.25, 0.3) is 10.1 Å². The minimum atomic E-state index is 0.0519. The van der Waals surface area contributed by atoms with E-state index < -0.39 is 0 Å². The van der Waals surface area contributed by atoms with Crippen LogP contribution in [0.4, 0.5) is 5.69 Å². The summed E-state index contributed by atoms with van der Waals surface area (Å²) in [5.41, 5.74) is 6.71. The van der Waals surface area contributed by atoms with Crippen LogP contribution in [-0.4, -0.2) is 23.9 Å². The molecule has 0 aliphatic carbocycles. The quantitative estimate of drug-likeness (QED) is 0.869. The second-order valence-corrected chi connectivity index (χ2v) is 7.14. The van der Waals surface area contributed by atoms with E-state index in [1.807, 2.05) is 23.1 Å². The minimum absolute atomic E-state index is 0.0519. The molecular weight excluding hydrogens is 292 g/mol. The average Bonchev–Trinajstić information content (AvgIpc) is 2.91. The molecule has 0 saturated carbocycles. The molecule has 5 heteroatoms. The first-order valence-electron chi connectivity index (χ1n) is 6.74. The van der Waals surface area contributed by atoms with Crippen LogP contribution in [-0.2, 0) is 0 Å². The summed E-state index contributed by atoms with van der Waals surface area (Å²) in [6.07, 6.45) is 0. The highest BCUT2D eigenvalue weighted by Gasteiger charge is 2.31. The molecule has 3 rings (SSSR count). The molecule has 1 aliphatic heterocycles. The Labute approximate surface area is 127 Å². The van der Waals surface area contributed by atoms with E-state index in [0.29, 0.717) is 27.4 Å². The number of hydrogen-bond donors (Lipinski definition) is 1. The number of hydrogen-bond acceptors (Lipinski definition) is 3. The number of carbonyl (C=O) groups excluding carboxylic acids is 1. The van der Waals surface area contributed by atoms with Gasteiger partial charge in [0.15, 0.2) is 0 Å². The largest absolute Gasteiger partial charge is 0.397 e. The predicted octanol–water partition coefficient (Wildman–Crippen LogP) is 3.86. The van der Waals surface area contributed by atoms with Crippen LogP contribution in [0.1, 0.15) is 23.5 Å². The van der Waals surface area contributed by atoms with Crippen molar-refractivity contribution in [1.29, 1.82) is 0 Å². The molecule has 106 valence electrons. The van der Waals surface area contributed by atoms with E-state index in [0.717, 1.165) is 23.2 Å². The first-order chi connectivity index (χ1) is 9.47. The number of nitrogens with two attached hydrogens (primary N) is 1. The Morgan fingerprint density at radius 1 is 1.35 bits per heavy atom. The number of benzene rings is 1. The fourth-order valence-corrected chi connectivity index (χ4v) is 3.93. The number of anilines is 1. The Balaban J connectivity index is 1.98. The smallest absolute Gasteiger partial charge is 0.266 e. The molecule has 1 saturated heterocycles. The van der Waals surface area contributed by atoms with Gasteiger partial charge in [-0.3, -0.25) is 4.79 Å². The summed E-state index contributed by atoms with van der Waals surface area (Å²) in [6, 6.07) is 5.58. The highest BCUT2D eigenvalue weighted by Crippen LogP contribution is 2.37. The lowest BCUT2D eigenvalue weighted by atomic mass is 10.0. The molecule has 2 aromatic rings. The number of likely N-dealkylation sites (tertiary alicyclic amines) is 1. The van der Waals surface area contributed by atoms with E-state index in [9.17, 15) is 4.79 Å². The van der Waals surface area contributed by atoms with Crippen LogP contribution >= 0.6 is 22.9 Å². The van der Waals surface area contributed by atoms with E-state index in [1.54, 1.807) is 0 Å². The van der Waals surface area contributed by atoms with Crippen LogP contribution in [0.15, 0.2) is 18.2 Å². The monoisotopic (exact) mass is 308 g/mol. The normalized spacial score (nSPS) is 22.6. The molecule has 1 aromatic heterocycles. The molecule has 20 heavy (non-hydrogen) atoms. The SMILES string of the molecule is CC1CN(C(=O)c2sc3ccc(Cl)cc3c2N)CC1C. The van der Waals surface area contributed by atoms with Gasteiger partial charge >= 0.3 is 0 Å². The average molecular weight is 309 g/mol. The molecule has 1 aromatic carbocycles. The molecular formula is C15H17ClN2OS. The number of carbonyl (C=O) groups is 1. The molecule has 0 spiro atoms. The second-order valence-electron chi connectivity index (χ2n) is 5.65. The first kappa shape index (κ1) is 13.7. The van der Waals surface area contributed by atoms with Crippen molar-refractivity contribution in [3.8, 4) is 0 Å². The third kappa shape index (κ3) is 2.17. The standard InChI is InChI=1S/C15H17ClN2OS/c1-8-6-18(7-9(8)2)15(19)14-13(17)11-5-10(16)3-4-12(11)20-14/h3-5,8-9H,6-7,17H2,1-2H3. The number of thiophene rings is 1. The van der Waals surface area contributed by atoms with Crippen LogP contribution in [0.2, 0.25) is 5.02 Å². The first-order valence-corrected chi connectivity index (χ1v) is 7.93. The fourth-order valence-electron chi connectivity index (χ4n) is 2.69. The van der Waals surface area contributed by atoms with Gasteiger partial charge in [-0.2, -0.15) is 0 Å². The van der Waals surface area contributed by atoms with Crippen molar-refractivity contribution in [2.75, 3.05) is 18.8 Å². The van der Waals surface area contributed by atoms with Gasteiger partial charge in [-0.05, 0) is 30.0 Å². The van der Waals surface area contributed by atoms with Gasteiger partial charge in [-0.1, -0.05) is 25.4 Å². The van der Waals surface area contributed by atoms with Gasteiger partial charge in [-0.15, -0.1) is 11.3 Å². The summed E-state index contributed by atoms with van der Waals surface area (Å²) >= 11 is 7.45. The van der Waals surface area contributed by atoms with Crippen molar-refractivity contribution in [2.45, 2.75) is 13.8 Å². The second kappa shape index (κ2) is 4.93. The highest BCUT2D eigenvalue weighted by atomic mass is 35.5. The summed E-state index contributed by atoms with van der Waals surface area (Å²) in [5.74, 6) is 1.14. The summed E-state index contributed by atoms with van der Waals surface area (Å²) < 4.78 is 1.01. The zero-order valence-electron chi connectivity index (χ0n) is 11.5. The minimum Gasteiger partial charge on any atom is -0.397 e. The number of nitrogens with zero attached hydrogens (tertiary/aromatic N) is 1. The van der Waals surface area contributed by atoms with E-state index in [1.165, 1.54) is 11.3 Å². The molecule has 1 aliphatic rings. The van der Waals surface area contributed by atoms with Gasteiger partial charge in [0.1, 0.15) is 4.88 Å². The fraction of sp³-hybridized carbons (Fsp3) is 0.400. The van der Waals surface area contributed by atoms with E-state index in [-0.39, 0.29) is 5.91 Å². The van der Waals surface area contributed by atoms with Crippen molar-refractivity contribution in [1.82, 2.24) is 4.90 Å². The third-order valence-corrected chi connectivity index (χ3v) is 5.57. The Hall–Kier alpha value is -1.26. The third-order valence-electron chi connectivity index (χ3n) is 4.16. The molecule has 2 heterocycles. The Morgan fingerprint density at radius 3 is 2.65 bits per heavy atom. The molecule has 0 radical (unpaired) electrons. The predicted molar refractivity (Wildman–Crippen MR) is 85.5 cm³/mol. The van der Waals surface area contributed by atoms with Crippen molar-refractivity contribution in [3.05, 3.63) is 28.1 Å². The maximum atomic E-state index is 12.6. The van der Waals surface area contributed by atoms with E-state index >= 15 is 0 Å². The van der Waals surface area contributed by atoms with Gasteiger partial charge in [0.25, 0.3) is 5.91 Å². The van der Waals surface area contributed by atoms with Gasteiger partial charge in [0.05, 0.1) is 5.69 Å². The summed E-state index contributed by atoms with van der Waals surface area (Å²) in [7, 11) is 0. The number of nitrogen functional groups attached to an aromatic ring is 1. The van der Waals surface area contributed by atoms with Crippen molar-refractivity contribution in [2.24, 2.45) is 11.8 Å². The van der Waals surface area contributed by atoms with Crippen LogP contribution in [0.5, 0.6) is 0 Å². The molecule has 1 fully saturated rings. The number of amides is 1. The maximum absolute atomic E-state index is 12.6. The molecule has 2 unspecified atom stereocenters. The zero-order valence-corrected chi connectivity index (χ0v) is 13.1. The van der Waals surface area contributed by atoms with Gasteiger partial charge < -0.3 is 10.6 Å². The van der Waals surface area contributed by atoms with Crippen LogP contribution in [0.3, 0.4) is 0 Å². The van der Waals surface area contributed by atoms with Crippen molar-refractivity contribution >= 4 is 44.6 Å². The van der Waals surface area contributed by atoms with Gasteiger partial charge in [0.2, 0.25) is 0 Å². The summed E-state index contributed by atoms with van der Waals surface area (Å²) in [6.45, 7) is 6.00. The lowest BCUT2D eigenvalue weighted by Gasteiger charge is -2.15. The van der Waals surface area contributed by atoms with Gasteiger partial charge in [0, 0.05) is 28.2 Å². The Bertz CT molecular complexity index is 672. The highest BCUT2D eigenvalue weighted by molar-refractivity contribution is 7.21. The Kier molecular flexibility index (Phi) is 3.38. The number of halogens is 1. The lowest BCUT2D eigenvalue weighted by Crippen LogP contribution is -2.28.